The van der Waals surface area contributed by atoms with E-state index >= 15 is 0 Å². The molecule has 1 fully saturated rings. The van der Waals surface area contributed by atoms with Gasteiger partial charge in [0.2, 0.25) is 0 Å². The van der Waals surface area contributed by atoms with Crippen LogP contribution in [0.1, 0.15) is 0 Å². The van der Waals surface area contributed by atoms with E-state index in [1.165, 1.54) is 9.97 Å². The van der Waals surface area contributed by atoms with E-state index in [4.69, 9.17) is 9.94 Å². The van der Waals surface area contributed by atoms with Crippen LogP contribution in [0.3, 0.4) is 0 Å². The molecule has 0 aliphatic carbocycles. The third-order valence-corrected chi connectivity index (χ3v) is 4.78. The van der Waals surface area contributed by atoms with Gasteiger partial charge in [0.05, 0.1) is 32.2 Å². The lowest BCUT2D eigenvalue weighted by Crippen LogP contribution is -2.36. The largest absolute Gasteiger partial charge is 0.395 e. The molecule has 3 aliphatic rings. The van der Waals surface area contributed by atoms with Crippen LogP contribution in [0.15, 0.2) is 23.3 Å². The molecule has 0 spiro atoms. The second kappa shape index (κ2) is 5.07. The van der Waals surface area contributed by atoms with Crippen molar-refractivity contribution < 1.29 is 14.7 Å². The Morgan fingerprint density at radius 3 is 3.16 bits per heavy atom. The van der Waals surface area contributed by atoms with Crippen molar-refractivity contribution in [1.82, 2.24) is 14.9 Å². The van der Waals surface area contributed by atoms with Gasteiger partial charge in [0, 0.05) is 17.1 Å². The number of β-amino-alcohol motifs (C(OH)–C–C–N with tert-alkyl or cyclic N) is 1. The highest BCUT2D eigenvalue weighted by Crippen LogP contribution is 2.42. The molecule has 0 aromatic heterocycles. The highest BCUT2D eigenvalue weighted by Gasteiger charge is 2.48. The van der Waals surface area contributed by atoms with Crippen LogP contribution >= 0.6 is 11.8 Å². The number of carbonyl (C=O) groups is 1. The Morgan fingerprint density at radius 2 is 2.42 bits per heavy atom. The molecular formula is C12H17N3O3S. The highest BCUT2D eigenvalue weighted by molar-refractivity contribution is 8.03. The summed E-state index contributed by atoms with van der Waals surface area (Å²) in [5, 5.41) is 10.6. The normalized spacial score (nSPS) is 25.4. The quantitative estimate of drug-likeness (QED) is 0.742. The van der Waals surface area contributed by atoms with E-state index in [1.807, 2.05) is 0 Å². The second-order valence-corrected chi connectivity index (χ2v) is 5.65. The van der Waals surface area contributed by atoms with Crippen LogP contribution in [-0.4, -0.2) is 70.8 Å². The molecule has 1 unspecified atom stereocenters. The number of rotatable bonds is 5. The molecule has 6 nitrogen and oxygen atoms in total. The first-order valence-electron chi connectivity index (χ1n) is 6.30. The van der Waals surface area contributed by atoms with Crippen molar-refractivity contribution in [2.45, 2.75) is 6.04 Å². The molecule has 3 heterocycles. The number of thioether (sulfide) groups is 1. The van der Waals surface area contributed by atoms with Crippen molar-refractivity contribution in [2.75, 3.05) is 38.7 Å². The lowest BCUT2D eigenvalue weighted by atomic mass is 10.1. The molecule has 104 valence electrons. The predicted molar refractivity (Wildman–Crippen MR) is 72.0 cm³/mol. The summed E-state index contributed by atoms with van der Waals surface area (Å²) in [6, 6.07) is -0.0873. The Balaban J connectivity index is 1.82. The fourth-order valence-electron chi connectivity index (χ4n) is 2.67. The van der Waals surface area contributed by atoms with Crippen molar-refractivity contribution in [3.8, 4) is 0 Å². The molecule has 0 aromatic rings. The predicted octanol–water partition coefficient (Wildman–Crippen LogP) is 0.434. The average Bonchev–Trinajstić information content (AvgIpc) is 2.92. The lowest BCUT2D eigenvalue weighted by molar-refractivity contribution is -0.108. The summed E-state index contributed by atoms with van der Waals surface area (Å²) >= 11 is 1.74. The van der Waals surface area contributed by atoms with E-state index in [2.05, 4.69) is 11.5 Å². The van der Waals surface area contributed by atoms with Gasteiger partial charge in [-0.2, -0.15) is 5.06 Å². The Kier molecular flexibility index (Phi) is 3.42. The van der Waals surface area contributed by atoms with Crippen LogP contribution in [0.4, 0.5) is 4.79 Å². The maximum atomic E-state index is 12.2. The fraction of sp³-hybridized carbons (Fsp3) is 0.583. The number of aliphatic hydroxyl groups is 1. The van der Waals surface area contributed by atoms with Gasteiger partial charge in [0.1, 0.15) is 6.04 Å². The minimum atomic E-state index is -0.0780. The monoisotopic (exact) mass is 283 g/mol. The summed E-state index contributed by atoms with van der Waals surface area (Å²) in [4.78, 5) is 22.8. The molecule has 0 saturated carbocycles. The molecule has 1 N–H and O–H groups in total. The lowest BCUT2D eigenvalue weighted by Gasteiger charge is -2.27. The van der Waals surface area contributed by atoms with Gasteiger partial charge in [0.25, 0.3) is 0 Å². The number of aliphatic hydroxyl groups excluding tert-OH is 1. The third-order valence-electron chi connectivity index (χ3n) is 3.52. The van der Waals surface area contributed by atoms with Crippen molar-refractivity contribution >= 4 is 17.8 Å². The summed E-state index contributed by atoms with van der Waals surface area (Å²) in [5.74, 6) is 0.846. The fourth-order valence-corrected chi connectivity index (χ4v) is 3.97. The summed E-state index contributed by atoms with van der Waals surface area (Å²) in [7, 11) is 0. The number of hydrogen-bond donors (Lipinski definition) is 1. The molecule has 0 radical (unpaired) electrons. The molecule has 19 heavy (non-hydrogen) atoms. The van der Waals surface area contributed by atoms with Crippen LogP contribution < -0.4 is 0 Å². The standard InChI is InChI=1S/C12H17N3O3S/c1-2-5-18-15-10-7-14(12(15)17)6-9-11(10)19-8-13(9)3-4-16/h2,10,16H,1,3-8H2. The first-order valence-corrected chi connectivity index (χ1v) is 7.28. The Bertz CT molecular complexity index is 440. The molecular weight excluding hydrogens is 266 g/mol. The maximum absolute atomic E-state index is 12.2. The zero-order valence-electron chi connectivity index (χ0n) is 10.6. The van der Waals surface area contributed by atoms with Gasteiger partial charge in [-0.25, -0.2) is 4.79 Å². The Morgan fingerprint density at radius 1 is 1.58 bits per heavy atom. The summed E-state index contributed by atoms with van der Waals surface area (Å²) in [6.07, 6.45) is 1.64. The summed E-state index contributed by atoms with van der Waals surface area (Å²) < 4.78 is 0. The van der Waals surface area contributed by atoms with E-state index in [-0.39, 0.29) is 18.7 Å². The topological polar surface area (TPSA) is 56.2 Å². The van der Waals surface area contributed by atoms with E-state index in [1.54, 1.807) is 22.7 Å². The first kappa shape index (κ1) is 12.8. The number of amides is 2. The van der Waals surface area contributed by atoms with Crippen LogP contribution in [-0.2, 0) is 4.84 Å². The second-order valence-electron chi connectivity index (χ2n) is 4.66. The van der Waals surface area contributed by atoms with Gasteiger partial charge in [-0.05, 0) is 0 Å². The average molecular weight is 283 g/mol. The number of urea groups is 1. The molecule has 0 aromatic carbocycles. The van der Waals surface area contributed by atoms with Crippen LogP contribution in [0, 0.1) is 0 Å². The van der Waals surface area contributed by atoms with E-state index in [9.17, 15) is 4.79 Å². The summed E-state index contributed by atoms with van der Waals surface area (Å²) in [5.41, 5.74) is 1.16. The zero-order chi connectivity index (χ0) is 13.4. The molecule has 1 atom stereocenters. The third kappa shape index (κ3) is 2.01. The molecule has 3 aliphatic heterocycles. The minimum absolute atomic E-state index is 0.00936. The van der Waals surface area contributed by atoms with E-state index < -0.39 is 0 Å². The number of hydrogen-bond acceptors (Lipinski definition) is 5. The maximum Gasteiger partial charge on any atom is 0.345 e. The molecule has 1 saturated heterocycles. The number of carbonyl (C=O) groups excluding carboxylic acids is 1. The van der Waals surface area contributed by atoms with Gasteiger partial charge in [-0.15, -0.1) is 18.3 Å². The number of nitrogens with zero attached hydrogens (tertiary/aromatic N) is 3. The van der Waals surface area contributed by atoms with Crippen LogP contribution in [0.25, 0.3) is 0 Å². The minimum Gasteiger partial charge on any atom is -0.395 e. The first-order chi connectivity index (χ1) is 9.26. The molecule has 2 bridgehead atoms. The van der Waals surface area contributed by atoms with Crippen molar-refractivity contribution in [3.05, 3.63) is 23.3 Å². The highest BCUT2D eigenvalue weighted by atomic mass is 32.2. The van der Waals surface area contributed by atoms with Crippen molar-refractivity contribution in [1.29, 1.82) is 0 Å². The Hall–Kier alpha value is -1.18. The van der Waals surface area contributed by atoms with Gasteiger partial charge in [0.15, 0.2) is 0 Å². The van der Waals surface area contributed by atoms with Crippen LogP contribution in [0.5, 0.6) is 0 Å². The van der Waals surface area contributed by atoms with Crippen LogP contribution in [0.2, 0.25) is 0 Å². The van der Waals surface area contributed by atoms with Gasteiger partial charge >= 0.3 is 6.03 Å². The van der Waals surface area contributed by atoms with Gasteiger partial charge in [-0.3, -0.25) is 4.84 Å². The molecule has 2 amide bonds. The molecule has 3 rings (SSSR count). The van der Waals surface area contributed by atoms with Gasteiger partial charge in [-0.1, -0.05) is 6.08 Å². The number of fused-ring (bicyclic) bond motifs is 3. The summed E-state index contributed by atoms with van der Waals surface area (Å²) in [6.45, 7) is 6.00. The van der Waals surface area contributed by atoms with Crippen molar-refractivity contribution in [2.24, 2.45) is 0 Å². The van der Waals surface area contributed by atoms with Gasteiger partial charge < -0.3 is 14.9 Å². The smallest absolute Gasteiger partial charge is 0.345 e. The number of hydroxylamine groups is 2. The Labute approximate surface area is 116 Å². The zero-order valence-corrected chi connectivity index (χ0v) is 11.4. The van der Waals surface area contributed by atoms with E-state index in [0.29, 0.717) is 26.2 Å². The van der Waals surface area contributed by atoms with E-state index in [0.717, 1.165) is 11.6 Å². The molecule has 7 heteroatoms. The van der Waals surface area contributed by atoms with Crippen molar-refractivity contribution in [3.63, 3.8) is 0 Å². The SMILES string of the molecule is C=CCON1C(=O)N2CC3=C(SCN3CCO)C1C2.